The van der Waals surface area contributed by atoms with Gasteiger partial charge in [-0.1, -0.05) is 71.4 Å². The molecular formula is C30H37ClN2. The lowest BCUT2D eigenvalue weighted by molar-refractivity contribution is -0.594. The number of pyridine rings is 1. The Hall–Kier alpha value is -2.58. The van der Waals surface area contributed by atoms with E-state index in [0.717, 1.165) is 0 Å². The first-order valence-electron chi connectivity index (χ1n) is 11.6. The Kier molecular flexibility index (Phi) is 6.56. The summed E-state index contributed by atoms with van der Waals surface area (Å²) in [5.41, 5.74) is 11.8. The maximum atomic E-state index is 2.39. The second-order valence-electron chi connectivity index (χ2n) is 11.4. The highest BCUT2D eigenvalue weighted by Gasteiger charge is 2.23. The van der Waals surface area contributed by atoms with Crippen molar-refractivity contribution in [2.75, 3.05) is 0 Å². The zero-order chi connectivity index (χ0) is 23.4. The summed E-state index contributed by atoms with van der Waals surface area (Å²) in [4.78, 5) is 0. The number of aromatic nitrogens is 2. The normalized spacial score (nSPS) is 12.2. The van der Waals surface area contributed by atoms with E-state index in [1.54, 1.807) is 0 Å². The van der Waals surface area contributed by atoms with E-state index in [1.807, 2.05) is 0 Å². The third-order valence-corrected chi connectivity index (χ3v) is 6.42. The number of fused-ring (bicyclic) bond motifs is 1. The van der Waals surface area contributed by atoms with Gasteiger partial charge in [-0.2, -0.15) is 4.40 Å². The molecule has 2 aromatic carbocycles. The summed E-state index contributed by atoms with van der Waals surface area (Å²) in [6.45, 7) is 20.4. The number of hydrogen-bond acceptors (Lipinski definition) is 0. The molecule has 0 aliphatic heterocycles. The van der Waals surface area contributed by atoms with Gasteiger partial charge in [0, 0.05) is 5.56 Å². The van der Waals surface area contributed by atoms with E-state index in [4.69, 9.17) is 0 Å². The first-order chi connectivity index (χ1) is 14.8. The minimum atomic E-state index is 0. The van der Waals surface area contributed by atoms with Crippen LogP contribution in [0.1, 0.15) is 69.4 Å². The predicted octanol–water partition coefficient (Wildman–Crippen LogP) is 4.41. The van der Waals surface area contributed by atoms with Gasteiger partial charge < -0.3 is 12.4 Å². The van der Waals surface area contributed by atoms with Gasteiger partial charge in [0.05, 0.1) is 0 Å². The van der Waals surface area contributed by atoms with Crippen molar-refractivity contribution in [3.05, 3.63) is 88.9 Å². The smallest absolute Gasteiger partial charge is 0.254 e. The lowest BCUT2D eigenvalue weighted by atomic mass is 9.79. The summed E-state index contributed by atoms with van der Waals surface area (Å²) >= 11 is 0. The topological polar surface area (TPSA) is 8.29 Å². The van der Waals surface area contributed by atoms with Gasteiger partial charge in [0.15, 0.2) is 5.52 Å². The molecule has 0 atom stereocenters. The van der Waals surface area contributed by atoms with Crippen LogP contribution in [-0.2, 0) is 10.8 Å². The number of hydrogen-bond donors (Lipinski definition) is 0. The van der Waals surface area contributed by atoms with Crippen molar-refractivity contribution >= 4 is 5.52 Å². The molecule has 0 saturated heterocycles. The molecule has 174 valence electrons. The van der Waals surface area contributed by atoms with Gasteiger partial charge in [0.2, 0.25) is 0 Å². The third-order valence-electron chi connectivity index (χ3n) is 6.42. The van der Waals surface area contributed by atoms with E-state index >= 15 is 0 Å². The number of halogens is 1. The van der Waals surface area contributed by atoms with Crippen LogP contribution in [0.3, 0.4) is 0 Å². The van der Waals surface area contributed by atoms with Crippen LogP contribution in [-0.4, -0.2) is 4.40 Å². The summed E-state index contributed by atoms with van der Waals surface area (Å²) in [5.74, 6) is 0. The molecule has 0 saturated carbocycles. The minimum Gasteiger partial charge on any atom is -1.00 e. The molecule has 3 heteroatoms. The van der Waals surface area contributed by atoms with Gasteiger partial charge >= 0.3 is 0 Å². The lowest BCUT2D eigenvalue weighted by Crippen LogP contribution is -3.00. The van der Waals surface area contributed by atoms with Crippen LogP contribution < -0.4 is 17.0 Å². The summed E-state index contributed by atoms with van der Waals surface area (Å²) in [5, 5.41) is 0. The van der Waals surface area contributed by atoms with Crippen molar-refractivity contribution < 1.29 is 17.0 Å². The van der Waals surface area contributed by atoms with Crippen molar-refractivity contribution in [1.82, 2.24) is 4.40 Å². The average molecular weight is 461 g/mol. The molecule has 4 aromatic rings. The number of nitrogens with zero attached hydrogens (tertiary/aromatic N) is 2. The fourth-order valence-electron chi connectivity index (χ4n) is 4.65. The molecular weight excluding hydrogens is 424 g/mol. The van der Waals surface area contributed by atoms with Crippen LogP contribution in [0.2, 0.25) is 0 Å². The maximum absolute atomic E-state index is 2.39. The molecule has 2 nitrogen and oxygen atoms in total. The van der Waals surface area contributed by atoms with Crippen LogP contribution in [0.4, 0.5) is 0 Å². The van der Waals surface area contributed by atoms with Gasteiger partial charge in [-0.05, 0) is 78.1 Å². The highest BCUT2D eigenvalue weighted by atomic mass is 35.5. The Morgan fingerprint density at radius 2 is 1.27 bits per heavy atom. The van der Waals surface area contributed by atoms with Crippen LogP contribution in [0.15, 0.2) is 61.1 Å². The van der Waals surface area contributed by atoms with E-state index in [0.29, 0.717) is 0 Å². The zero-order valence-electron chi connectivity index (χ0n) is 21.5. The number of aryl methyl sites for hydroxylation is 3. The van der Waals surface area contributed by atoms with Gasteiger partial charge in [-0.3, -0.25) is 0 Å². The van der Waals surface area contributed by atoms with Gasteiger partial charge in [-0.25, -0.2) is 4.57 Å². The quantitative estimate of drug-likeness (QED) is 0.392. The largest absolute Gasteiger partial charge is 1.00 e. The Morgan fingerprint density at radius 3 is 1.79 bits per heavy atom. The van der Waals surface area contributed by atoms with Crippen LogP contribution in [0.5, 0.6) is 0 Å². The molecule has 0 bridgehead atoms. The average Bonchev–Trinajstić information content (AvgIpc) is 3.09. The highest BCUT2D eigenvalue weighted by Crippen LogP contribution is 2.34. The van der Waals surface area contributed by atoms with Gasteiger partial charge in [0.1, 0.15) is 17.6 Å². The van der Waals surface area contributed by atoms with Crippen molar-refractivity contribution in [3.8, 4) is 16.9 Å². The highest BCUT2D eigenvalue weighted by molar-refractivity contribution is 5.67. The van der Waals surface area contributed by atoms with Crippen molar-refractivity contribution in [3.63, 3.8) is 0 Å². The molecule has 0 radical (unpaired) electrons. The first-order valence-corrected chi connectivity index (χ1v) is 11.6. The number of imidazole rings is 1. The Bertz CT molecular complexity index is 1260. The molecule has 0 spiro atoms. The second kappa shape index (κ2) is 8.65. The Balaban J connectivity index is 0.00000306. The summed E-state index contributed by atoms with van der Waals surface area (Å²) in [6.07, 6.45) is 4.47. The molecule has 0 N–H and O–H groups in total. The van der Waals surface area contributed by atoms with E-state index in [9.17, 15) is 0 Å². The second-order valence-corrected chi connectivity index (χ2v) is 11.4. The minimum absolute atomic E-state index is 0. The molecule has 0 amide bonds. The SMILES string of the molecule is Cc1cc(C)c(-[n+]2cc3cccc(-c4cc(C(C)(C)C)cc(C(C)(C)C)c4)n3c2)c(C)c1.[Cl-]. The van der Waals surface area contributed by atoms with E-state index < -0.39 is 0 Å². The Morgan fingerprint density at radius 1 is 0.727 bits per heavy atom. The molecule has 0 aliphatic rings. The molecule has 0 fully saturated rings. The summed E-state index contributed by atoms with van der Waals surface area (Å²) in [6, 6.07) is 18.3. The fourth-order valence-corrected chi connectivity index (χ4v) is 4.65. The third kappa shape index (κ3) is 4.87. The summed E-state index contributed by atoms with van der Waals surface area (Å²) < 4.78 is 4.61. The van der Waals surface area contributed by atoms with Gasteiger partial charge in [-0.15, -0.1) is 0 Å². The van der Waals surface area contributed by atoms with E-state index in [2.05, 4.69) is 132 Å². The molecule has 33 heavy (non-hydrogen) atoms. The van der Waals surface area contributed by atoms with Crippen molar-refractivity contribution in [2.24, 2.45) is 0 Å². The monoisotopic (exact) mass is 460 g/mol. The maximum Gasteiger partial charge on any atom is 0.254 e. The standard InChI is InChI=1S/C30H37N2.ClH/c1-20-13-21(2)28(22(3)14-20)31-18-26-11-10-12-27(32(26)19-31)23-15-24(29(4,5)6)17-25(16-23)30(7,8)9;/h10-19H,1-9H3;1H/q+1;/p-1. The molecule has 2 aromatic heterocycles. The predicted molar refractivity (Wildman–Crippen MR) is 136 cm³/mol. The van der Waals surface area contributed by atoms with Crippen LogP contribution >= 0.6 is 0 Å². The zero-order valence-corrected chi connectivity index (χ0v) is 22.3. The molecule has 0 aliphatic carbocycles. The Labute approximate surface area is 205 Å². The molecule has 4 rings (SSSR count). The molecule has 0 unspecified atom stereocenters. The van der Waals surface area contributed by atoms with E-state index in [-0.39, 0.29) is 23.2 Å². The fraction of sp³-hybridized carbons (Fsp3) is 0.367. The summed E-state index contributed by atoms with van der Waals surface area (Å²) in [7, 11) is 0. The molecule has 2 heterocycles. The van der Waals surface area contributed by atoms with Crippen molar-refractivity contribution in [2.45, 2.75) is 73.1 Å². The first kappa shape index (κ1) is 25.1. The number of benzene rings is 2. The van der Waals surface area contributed by atoms with E-state index in [1.165, 1.54) is 50.3 Å². The van der Waals surface area contributed by atoms with Crippen LogP contribution in [0.25, 0.3) is 22.5 Å². The van der Waals surface area contributed by atoms with Crippen molar-refractivity contribution in [1.29, 1.82) is 0 Å². The van der Waals surface area contributed by atoms with Gasteiger partial charge in [0.25, 0.3) is 6.33 Å². The number of rotatable bonds is 2. The lowest BCUT2D eigenvalue weighted by Gasteiger charge is -2.26. The van der Waals surface area contributed by atoms with Crippen LogP contribution in [0, 0.1) is 20.8 Å².